The smallest absolute Gasteiger partial charge is 0.478 e. The summed E-state index contributed by atoms with van der Waals surface area (Å²) in [7, 11) is 3.51. The second kappa shape index (κ2) is 13.6. The van der Waals surface area contributed by atoms with Crippen LogP contribution in [0.3, 0.4) is 0 Å². The van der Waals surface area contributed by atoms with Crippen molar-refractivity contribution in [2.24, 2.45) is 5.73 Å². The molecule has 0 bridgehead atoms. The first-order chi connectivity index (χ1) is 20.2. The Balaban J connectivity index is 0.000000646. The normalized spacial score (nSPS) is 10.8. The van der Waals surface area contributed by atoms with Gasteiger partial charge in [-0.3, -0.25) is 0 Å². The second-order valence-corrected chi connectivity index (χ2v) is 8.88. The number of nitrogens with two attached hydrogens (primary N) is 1. The summed E-state index contributed by atoms with van der Waals surface area (Å²) in [4.78, 5) is 26.1. The number of nitrogens with zero attached hydrogens (tertiary/aromatic N) is 2. The van der Waals surface area contributed by atoms with Crippen molar-refractivity contribution in [1.29, 1.82) is 0 Å². The summed E-state index contributed by atoms with van der Waals surface area (Å²) in [6, 6.07) is 19.4. The molecule has 9 nitrogen and oxygen atoms in total. The van der Waals surface area contributed by atoms with E-state index in [9.17, 15) is 31.9 Å². The molecule has 0 amide bonds. The van der Waals surface area contributed by atoms with Crippen molar-refractivity contribution in [2.75, 3.05) is 19.0 Å². The van der Waals surface area contributed by atoms with Crippen molar-refractivity contribution in [1.82, 2.24) is 4.98 Å². The van der Waals surface area contributed by atoms with Crippen LogP contribution in [0.1, 0.15) is 15.9 Å². The predicted molar refractivity (Wildman–Crippen MR) is 145 cm³/mol. The summed E-state index contributed by atoms with van der Waals surface area (Å²) in [6.07, 6.45) is -5.08. The van der Waals surface area contributed by atoms with E-state index in [1.807, 2.05) is 30.3 Å². The van der Waals surface area contributed by atoms with Gasteiger partial charge in [0.15, 0.2) is 11.6 Å². The van der Waals surface area contributed by atoms with Gasteiger partial charge in [0, 0.05) is 38.5 Å². The molecule has 1 heterocycles. The average molecular weight is 606 g/mol. The van der Waals surface area contributed by atoms with Crippen LogP contribution >= 0.6 is 0 Å². The minimum atomic E-state index is -5.08. The summed E-state index contributed by atoms with van der Waals surface area (Å²) >= 11 is 0. The molecule has 0 unspecified atom stereocenters. The van der Waals surface area contributed by atoms with Gasteiger partial charge in [0.2, 0.25) is 0 Å². The van der Waals surface area contributed by atoms with Crippen LogP contribution in [0, 0.1) is 11.6 Å². The van der Waals surface area contributed by atoms with Crippen LogP contribution in [0.2, 0.25) is 0 Å². The molecule has 4 N–H and O–H groups in total. The van der Waals surface area contributed by atoms with E-state index < -0.39 is 41.5 Å². The maximum absolute atomic E-state index is 14.6. The number of benzene rings is 3. The Bertz CT molecular complexity index is 1630. The number of rotatable bonds is 8. The van der Waals surface area contributed by atoms with E-state index in [1.165, 1.54) is 12.1 Å². The number of aromatic nitrogens is 1. The molecule has 4 aromatic rings. The van der Waals surface area contributed by atoms with Crippen LogP contribution in [-0.4, -0.2) is 47.4 Å². The molecule has 0 aliphatic rings. The standard InChI is InChI=1S/C27H23F2N3O4.C2HF3O2/c1-32(2)19-9-10-21(27(33)34)24(13-19)36-26-23(29)14-22(28)25(31-26)35-20-8-4-7-18(12-20)17-6-3-5-16(11-17)15-30;3-2(4,5)1(6)7/h3-14H,15,30H2,1-2H3,(H,33,34);(H,6,7). The number of anilines is 1. The third-order valence-corrected chi connectivity index (χ3v) is 5.57. The summed E-state index contributed by atoms with van der Waals surface area (Å²) in [5, 5.41) is 16.6. The third-order valence-electron chi connectivity index (χ3n) is 5.57. The lowest BCUT2D eigenvalue weighted by Gasteiger charge is -2.16. The van der Waals surface area contributed by atoms with Crippen molar-refractivity contribution in [3.8, 4) is 34.4 Å². The van der Waals surface area contributed by atoms with Crippen LogP contribution in [0.4, 0.5) is 27.6 Å². The highest BCUT2D eigenvalue weighted by Crippen LogP contribution is 2.34. The monoisotopic (exact) mass is 605 g/mol. The molecule has 0 spiro atoms. The van der Waals surface area contributed by atoms with Crippen molar-refractivity contribution in [2.45, 2.75) is 12.7 Å². The molecule has 3 aromatic carbocycles. The van der Waals surface area contributed by atoms with Crippen molar-refractivity contribution >= 4 is 17.6 Å². The highest BCUT2D eigenvalue weighted by atomic mass is 19.4. The molecule has 226 valence electrons. The first-order valence-electron chi connectivity index (χ1n) is 12.2. The van der Waals surface area contributed by atoms with Crippen molar-refractivity contribution < 1.29 is 51.2 Å². The topological polar surface area (TPSA) is 135 Å². The number of halogens is 5. The number of carboxylic acid groups (broad SMARTS) is 2. The number of carboxylic acids is 2. The summed E-state index contributed by atoms with van der Waals surface area (Å²) in [5.74, 6) is -7.24. The molecular weight excluding hydrogens is 581 g/mol. The molecule has 43 heavy (non-hydrogen) atoms. The van der Waals surface area contributed by atoms with Gasteiger partial charge >= 0.3 is 18.1 Å². The maximum atomic E-state index is 14.6. The zero-order valence-corrected chi connectivity index (χ0v) is 22.5. The Kier molecular flexibility index (Phi) is 10.2. The molecule has 0 aliphatic carbocycles. The minimum absolute atomic E-state index is 0.153. The number of alkyl halides is 3. The van der Waals surface area contributed by atoms with E-state index in [2.05, 4.69) is 4.98 Å². The van der Waals surface area contributed by atoms with Gasteiger partial charge in [0.05, 0.1) is 0 Å². The summed E-state index contributed by atoms with van der Waals surface area (Å²) < 4.78 is 72.0. The van der Waals surface area contributed by atoms with Crippen LogP contribution < -0.4 is 20.1 Å². The number of hydrogen-bond acceptors (Lipinski definition) is 7. The number of aromatic carboxylic acids is 1. The predicted octanol–water partition coefficient (Wildman–Crippen LogP) is 6.47. The van der Waals surface area contributed by atoms with Gasteiger partial charge in [-0.15, -0.1) is 0 Å². The molecule has 0 aliphatic heterocycles. The Morgan fingerprint density at radius 2 is 1.44 bits per heavy atom. The second-order valence-electron chi connectivity index (χ2n) is 8.88. The fraction of sp³-hybridized carbons (Fsp3) is 0.138. The van der Waals surface area contributed by atoms with Crippen LogP contribution in [0.25, 0.3) is 11.1 Å². The van der Waals surface area contributed by atoms with E-state index in [4.69, 9.17) is 25.1 Å². The zero-order chi connectivity index (χ0) is 31.9. The first-order valence-corrected chi connectivity index (χ1v) is 12.2. The third kappa shape index (κ3) is 8.63. The Morgan fingerprint density at radius 1 is 0.860 bits per heavy atom. The molecular formula is C29H24F5N3O6. The van der Waals surface area contributed by atoms with Gasteiger partial charge < -0.3 is 30.3 Å². The van der Waals surface area contributed by atoms with Gasteiger partial charge in [0.1, 0.15) is 17.1 Å². The fourth-order valence-electron chi connectivity index (χ4n) is 3.46. The quantitative estimate of drug-likeness (QED) is 0.193. The Labute approximate surface area is 241 Å². The highest BCUT2D eigenvalue weighted by Gasteiger charge is 2.38. The SMILES string of the molecule is CN(C)c1ccc(C(=O)O)c(Oc2nc(Oc3cccc(-c4cccc(CN)c4)c3)c(F)cc2F)c1.O=C(O)C(F)(F)F. The van der Waals surface area contributed by atoms with E-state index in [0.29, 0.717) is 18.3 Å². The van der Waals surface area contributed by atoms with Crippen molar-refractivity contribution in [3.63, 3.8) is 0 Å². The molecule has 0 saturated heterocycles. The molecule has 0 atom stereocenters. The van der Waals surface area contributed by atoms with E-state index in [-0.39, 0.29) is 17.1 Å². The molecule has 4 rings (SSSR count). The van der Waals surface area contributed by atoms with Gasteiger partial charge in [-0.2, -0.15) is 18.2 Å². The van der Waals surface area contributed by atoms with E-state index >= 15 is 0 Å². The van der Waals surface area contributed by atoms with Crippen molar-refractivity contribution in [3.05, 3.63) is 95.6 Å². The van der Waals surface area contributed by atoms with Crippen LogP contribution in [0.5, 0.6) is 23.3 Å². The first kappa shape index (κ1) is 32.3. The van der Waals surface area contributed by atoms with E-state index in [1.54, 1.807) is 43.3 Å². The van der Waals surface area contributed by atoms with Gasteiger partial charge in [-0.05, 0) is 47.0 Å². The lowest BCUT2D eigenvalue weighted by molar-refractivity contribution is -0.192. The van der Waals surface area contributed by atoms with E-state index in [0.717, 1.165) is 16.7 Å². The molecule has 14 heteroatoms. The van der Waals surface area contributed by atoms with Crippen LogP contribution in [-0.2, 0) is 11.3 Å². The number of ether oxygens (including phenoxy) is 2. The molecule has 1 aromatic heterocycles. The zero-order valence-electron chi connectivity index (χ0n) is 22.5. The lowest BCUT2D eigenvalue weighted by atomic mass is 10.0. The summed E-state index contributed by atoms with van der Waals surface area (Å²) in [6.45, 7) is 0.387. The molecule has 0 fully saturated rings. The number of carbonyl (C=O) groups is 2. The Morgan fingerprint density at radius 3 is 2.00 bits per heavy atom. The number of hydrogen-bond donors (Lipinski definition) is 3. The number of aliphatic carboxylic acids is 1. The van der Waals surface area contributed by atoms with Crippen LogP contribution in [0.15, 0.2) is 72.8 Å². The summed E-state index contributed by atoms with van der Waals surface area (Å²) in [5.41, 5.74) is 8.77. The lowest BCUT2D eigenvalue weighted by Crippen LogP contribution is -2.21. The maximum Gasteiger partial charge on any atom is 0.490 e. The Hall–Kier alpha value is -5.24. The van der Waals surface area contributed by atoms with Gasteiger partial charge in [-0.25, -0.2) is 18.4 Å². The van der Waals surface area contributed by atoms with Gasteiger partial charge in [-0.1, -0.05) is 30.3 Å². The largest absolute Gasteiger partial charge is 0.490 e. The number of pyridine rings is 1. The molecule has 0 radical (unpaired) electrons. The van der Waals surface area contributed by atoms with Gasteiger partial charge in [0.25, 0.3) is 11.8 Å². The average Bonchev–Trinajstić information content (AvgIpc) is 2.95. The fourth-order valence-corrected chi connectivity index (χ4v) is 3.46. The minimum Gasteiger partial charge on any atom is -0.478 e. The molecule has 0 saturated carbocycles. The highest BCUT2D eigenvalue weighted by molar-refractivity contribution is 5.91.